The van der Waals surface area contributed by atoms with E-state index >= 15 is 0 Å². The van der Waals surface area contributed by atoms with Gasteiger partial charge in [-0.1, -0.05) is 12.1 Å². The molecule has 0 atom stereocenters. The van der Waals surface area contributed by atoms with E-state index in [9.17, 15) is 27.2 Å². The van der Waals surface area contributed by atoms with Crippen molar-refractivity contribution < 1.29 is 46.1 Å². The quantitative estimate of drug-likeness (QED) is 0.421. The maximum atomic E-state index is 14.2. The fraction of sp³-hybridized carbons (Fsp3) is 0.176. The highest BCUT2D eigenvalue weighted by atomic mass is 19.4. The van der Waals surface area contributed by atoms with Gasteiger partial charge in [0.2, 0.25) is 0 Å². The van der Waals surface area contributed by atoms with E-state index in [2.05, 4.69) is 9.47 Å². The minimum atomic E-state index is -5.23. The molecule has 0 saturated carbocycles. The number of benzene rings is 2. The first-order chi connectivity index (χ1) is 12.7. The number of carbonyl (C=O) groups excluding carboxylic acids is 2. The molecule has 0 aliphatic heterocycles. The molecule has 0 bridgehead atoms. The summed E-state index contributed by atoms with van der Waals surface area (Å²) in [5.41, 5.74) is -0.883. The molecule has 0 spiro atoms. The zero-order valence-electron chi connectivity index (χ0n) is 13.9. The van der Waals surface area contributed by atoms with Gasteiger partial charge in [0, 0.05) is 6.07 Å². The number of rotatable bonds is 6. The predicted octanol–water partition coefficient (Wildman–Crippen LogP) is 4.12. The van der Waals surface area contributed by atoms with Gasteiger partial charge in [-0.3, -0.25) is 4.79 Å². The van der Waals surface area contributed by atoms with Gasteiger partial charge >= 0.3 is 12.3 Å². The Morgan fingerprint density at radius 3 is 2.30 bits per heavy atom. The third-order valence-corrected chi connectivity index (χ3v) is 3.24. The van der Waals surface area contributed by atoms with E-state index < -0.39 is 41.0 Å². The number of methoxy groups -OCH3 is 2. The van der Waals surface area contributed by atoms with E-state index in [-0.39, 0.29) is 17.6 Å². The summed E-state index contributed by atoms with van der Waals surface area (Å²) in [5.74, 6) is -4.68. The first-order valence-corrected chi connectivity index (χ1v) is 7.18. The van der Waals surface area contributed by atoms with Gasteiger partial charge in [-0.2, -0.15) is 0 Å². The van der Waals surface area contributed by atoms with Crippen molar-refractivity contribution in [1.29, 1.82) is 0 Å². The van der Waals surface area contributed by atoms with Gasteiger partial charge in [-0.15, -0.1) is 13.2 Å². The van der Waals surface area contributed by atoms with Gasteiger partial charge in [0.15, 0.2) is 29.4 Å². The van der Waals surface area contributed by atoms with Gasteiger partial charge in [0.1, 0.15) is 16.9 Å². The molecule has 27 heavy (non-hydrogen) atoms. The topological polar surface area (TPSA) is 71.1 Å². The molecule has 144 valence electrons. The number of halogens is 4. The summed E-state index contributed by atoms with van der Waals surface area (Å²) in [4.78, 5) is 23.0. The second-order valence-electron chi connectivity index (χ2n) is 4.89. The largest absolute Gasteiger partial charge is 0.573 e. The summed E-state index contributed by atoms with van der Waals surface area (Å²) >= 11 is 0. The zero-order chi connectivity index (χ0) is 20.2. The third kappa shape index (κ3) is 4.46. The Hall–Kier alpha value is -3.30. The second kappa shape index (κ2) is 7.94. The molecular formula is C17H12F4O6. The molecule has 0 aromatic heterocycles. The number of carbonyl (C=O) groups is 2. The lowest BCUT2D eigenvalue weighted by Gasteiger charge is -2.18. The van der Waals surface area contributed by atoms with E-state index in [1.54, 1.807) is 0 Å². The van der Waals surface area contributed by atoms with E-state index in [0.717, 1.165) is 14.2 Å². The van der Waals surface area contributed by atoms with Crippen molar-refractivity contribution in [2.24, 2.45) is 0 Å². The minimum Gasteiger partial charge on any atom is -0.492 e. The average Bonchev–Trinajstić information content (AvgIpc) is 2.62. The molecule has 0 saturated heterocycles. The van der Waals surface area contributed by atoms with E-state index in [0.29, 0.717) is 6.07 Å². The first-order valence-electron chi connectivity index (χ1n) is 7.18. The normalized spacial score (nSPS) is 10.9. The molecule has 6 nitrogen and oxygen atoms in total. The van der Waals surface area contributed by atoms with Crippen molar-refractivity contribution in [3.05, 3.63) is 47.3 Å². The molecule has 0 unspecified atom stereocenters. The number of ether oxygens (including phenoxy) is 4. The first kappa shape index (κ1) is 20.0. The van der Waals surface area contributed by atoms with Crippen LogP contribution in [0.1, 0.15) is 20.7 Å². The van der Waals surface area contributed by atoms with E-state index in [4.69, 9.17) is 9.47 Å². The third-order valence-electron chi connectivity index (χ3n) is 3.24. The van der Waals surface area contributed by atoms with Crippen LogP contribution >= 0.6 is 0 Å². The molecule has 0 aliphatic rings. The van der Waals surface area contributed by atoms with E-state index in [1.165, 1.54) is 24.3 Å². The second-order valence-corrected chi connectivity index (χ2v) is 4.89. The van der Waals surface area contributed by atoms with Crippen LogP contribution in [0.5, 0.6) is 23.0 Å². The molecule has 2 rings (SSSR count). The lowest BCUT2D eigenvalue weighted by molar-refractivity contribution is -0.275. The van der Waals surface area contributed by atoms with Crippen molar-refractivity contribution >= 4 is 12.3 Å². The number of hydrogen-bond donors (Lipinski definition) is 0. The lowest BCUT2D eigenvalue weighted by Crippen LogP contribution is -2.19. The van der Waals surface area contributed by atoms with Crippen molar-refractivity contribution in [2.75, 3.05) is 14.2 Å². The number of aldehydes is 1. The summed E-state index contributed by atoms with van der Waals surface area (Å²) in [6.07, 6.45) is -5.30. The monoisotopic (exact) mass is 388 g/mol. The van der Waals surface area contributed by atoms with Crippen LogP contribution in [-0.2, 0) is 4.74 Å². The van der Waals surface area contributed by atoms with Crippen molar-refractivity contribution in [2.45, 2.75) is 6.36 Å². The Morgan fingerprint density at radius 1 is 1.07 bits per heavy atom. The molecule has 0 amide bonds. The molecule has 0 heterocycles. The Balaban J connectivity index is 2.58. The molecule has 10 heteroatoms. The molecule has 0 radical (unpaired) electrons. The summed E-state index contributed by atoms with van der Waals surface area (Å²) in [6.45, 7) is 0. The van der Waals surface area contributed by atoms with Gasteiger partial charge in [-0.25, -0.2) is 9.18 Å². The van der Waals surface area contributed by atoms with Crippen LogP contribution in [0.15, 0.2) is 30.3 Å². The van der Waals surface area contributed by atoms with Crippen LogP contribution in [0.4, 0.5) is 17.6 Å². The van der Waals surface area contributed by atoms with Crippen LogP contribution < -0.4 is 14.2 Å². The smallest absolute Gasteiger partial charge is 0.492 e. The lowest BCUT2D eigenvalue weighted by atomic mass is 10.1. The molecule has 0 fully saturated rings. The van der Waals surface area contributed by atoms with Crippen molar-refractivity contribution in [3.63, 3.8) is 0 Å². The number of alkyl halides is 3. The van der Waals surface area contributed by atoms with Gasteiger partial charge in [-0.05, 0) is 12.1 Å². The van der Waals surface area contributed by atoms with Gasteiger partial charge < -0.3 is 18.9 Å². The standard InChI is InChI=1S/C17H12F4O6/c1-24-15-10(8-22)14(27-17(19,20)21)11(18)7-13(15)26-12-6-4-3-5-9(12)16(23)25-2/h3-8H,1-2H3. The van der Waals surface area contributed by atoms with Crippen molar-refractivity contribution in [3.8, 4) is 23.0 Å². The van der Waals surface area contributed by atoms with Gasteiger partial charge in [0.05, 0.1) is 14.2 Å². The Bertz CT molecular complexity index is 863. The predicted molar refractivity (Wildman–Crippen MR) is 82.9 cm³/mol. The van der Waals surface area contributed by atoms with Crippen LogP contribution in [0.2, 0.25) is 0 Å². The highest BCUT2D eigenvalue weighted by molar-refractivity contribution is 5.92. The zero-order valence-corrected chi connectivity index (χ0v) is 13.9. The molecule has 2 aromatic rings. The Kier molecular flexibility index (Phi) is 5.88. The molecule has 0 aliphatic carbocycles. The summed E-state index contributed by atoms with van der Waals surface area (Å²) in [5, 5.41) is 0. The highest BCUT2D eigenvalue weighted by Gasteiger charge is 2.35. The van der Waals surface area contributed by atoms with Crippen LogP contribution in [-0.4, -0.2) is 32.8 Å². The molecule has 0 N–H and O–H groups in total. The number of para-hydroxylation sites is 1. The van der Waals surface area contributed by atoms with Crippen LogP contribution in [0.3, 0.4) is 0 Å². The summed E-state index contributed by atoms with van der Waals surface area (Å²) in [7, 11) is 2.17. The Morgan fingerprint density at radius 2 is 1.74 bits per heavy atom. The molecule has 2 aromatic carbocycles. The number of esters is 1. The minimum absolute atomic E-state index is 0.0364. The van der Waals surface area contributed by atoms with Gasteiger partial charge in [0.25, 0.3) is 0 Å². The van der Waals surface area contributed by atoms with E-state index in [1.807, 2.05) is 0 Å². The fourth-order valence-corrected chi connectivity index (χ4v) is 2.18. The highest BCUT2D eigenvalue weighted by Crippen LogP contribution is 2.42. The maximum absolute atomic E-state index is 14.2. The maximum Gasteiger partial charge on any atom is 0.573 e. The SMILES string of the molecule is COC(=O)c1ccccc1Oc1cc(F)c(OC(F)(F)F)c(C=O)c1OC. The average molecular weight is 388 g/mol. The molecular weight excluding hydrogens is 376 g/mol. The Labute approximate surface area is 150 Å². The van der Waals surface area contributed by atoms with Crippen LogP contribution in [0.25, 0.3) is 0 Å². The summed E-state index contributed by atoms with van der Waals surface area (Å²) in [6, 6.07) is 6.23. The van der Waals surface area contributed by atoms with Crippen molar-refractivity contribution in [1.82, 2.24) is 0 Å². The van der Waals surface area contributed by atoms with Crippen LogP contribution in [0, 0.1) is 5.82 Å². The number of hydrogen-bond acceptors (Lipinski definition) is 6. The fourth-order valence-electron chi connectivity index (χ4n) is 2.18. The summed E-state index contributed by atoms with van der Waals surface area (Å²) < 4.78 is 70.0.